The van der Waals surface area contributed by atoms with Crippen LogP contribution in [0.1, 0.15) is 228 Å². The van der Waals surface area contributed by atoms with Crippen LogP contribution in [0.2, 0.25) is 0 Å². The zero-order valence-corrected chi connectivity index (χ0v) is 60.4. The Balaban J connectivity index is 1.28. The Morgan fingerprint density at radius 2 is 0.464 bits per heavy atom. The summed E-state index contributed by atoms with van der Waals surface area (Å²) in [6.07, 6.45) is 31.3. The molecule has 0 aliphatic heterocycles. The lowest BCUT2D eigenvalue weighted by molar-refractivity contribution is 0.236. The van der Waals surface area contributed by atoms with Crippen LogP contribution in [-0.2, 0) is 0 Å². The molecule has 0 unspecified atom stereocenters. The molecule has 97 heavy (non-hydrogen) atoms. The Bertz CT molecular complexity index is 4260. The molecule has 6 bridgehead atoms. The summed E-state index contributed by atoms with van der Waals surface area (Å²) in [6, 6.07) is 53.0. The predicted octanol–water partition coefficient (Wildman–Crippen LogP) is 27.5. The van der Waals surface area contributed by atoms with E-state index in [1.54, 1.807) is 0 Å². The highest BCUT2D eigenvalue weighted by Crippen LogP contribution is 2.50. The van der Waals surface area contributed by atoms with Crippen LogP contribution in [0.5, 0.6) is 40.2 Å². The quantitative estimate of drug-likeness (QED) is 0.0279. The summed E-state index contributed by atoms with van der Waals surface area (Å²) in [5.41, 5.74) is 0. The maximum atomic E-state index is 7.16. The van der Waals surface area contributed by atoms with Gasteiger partial charge in [0, 0.05) is 10.8 Å². The van der Waals surface area contributed by atoms with Crippen molar-refractivity contribution in [3.05, 3.63) is 140 Å². The van der Waals surface area contributed by atoms with Gasteiger partial charge in [-0.05, 0) is 192 Å². The highest BCUT2D eigenvalue weighted by molar-refractivity contribution is 6.21. The van der Waals surface area contributed by atoms with Crippen LogP contribution in [0.15, 0.2) is 140 Å². The van der Waals surface area contributed by atoms with Gasteiger partial charge in [-0.3, -0.25) is 0 Å². The van der Waals surface area contributed by atoms with Crippen molar-refractivity contribution in [2.45, 2.75) is 228 Å². The molecule has 0 aliphatic carbocycles. The molecule has 10 aromatic carbocycles. The second-order valence-electron chi connectivity index (χ2n) is 27.3. The fourth-order valence-electron chi connectivity index (χ4n) is 13.8. The Morgan fingerprint density at radius 3 is 0.835 bits per heavy atom. The Hall–Kier alpha value is -7.64. The van der Waals surface area contributed by atoms with Crippen molar-refractivity contribution in [1.82, 2.24) is 0 Å². The highest BCUT2D eigenvalue weighted by Gasteiger charge is 2.23. The first kappa shape index (κ1) is 72.1. The van der Waals surface area contributed by atoms with E-state index in [4.69, 9.17) is 33.2 Å². The van der Waals surface area contributed by atoms with Crippen LogP contribution in [0, 0.1) is 0 Å². The topological polar surface area (TPSA) is 64.6 Å². The highest BCUT2D eigenvalue weighted by atomic mass is 16.5. The molecular weight excluding hydrogens is 1190 g/mol. The molecule has 7 heteroatoms. The van der Waals surface area contributed by atoms with E-state index in [1.165, 1.54) is 98.6 Å². The van der Waals surface area contributed by atoms with Gasteiger partial charge in [-0.25, -0.2) is 0 Å². The van der Waals surface area contributed by atoms with E-state index in [1.807, 2.05) is 0 Å². The van der Waals surface area contributed by atoms with Crippen molar-refractivity contribution < 1.29 is 33.2 Å². The molecular formula is C90H114O7. The normalized spacial score (nSPS) is 11.7. The summed E-state index contributed by atoms with van der Waals surface area (Å²) in [4.78, 5) is 0. The zero-order chi connectivity index (χ0) is 67.4. The molecule has 0 N–H and O–H groups in total. The molecule has 0 amide bonds. The summed E-state index contributed by atoms with van der Waals surface area (Å²) in [5.74, 6) is 5.43. The van der Waals surface area contributed by atoms with Crippen molar-refractivity contribution >= 4 is 97.0 Å². The van der Waals surface area contributed by atoms with Crippen molar-refractivity contribution in [3.63, 3.8) is 0 Å². The first-order valence-corrected chi connectivity index (χ1v) is 38.5. The molecule has 0 radical (unpaired) electrons. The van der Waals surface area contributed by atoms with Crippen molar-refractivity contribution in [1.29, 1.82) is 0 Å². The lowest BCUT2D eigenvalue weighted by Gasteiger charge is -2.21. The van der Waals surface area contributed by atoms with Gasteiger partial charge >= 0.3 is 0 Å². The van der Waals surface area contributed by atoms with Crippen LogP contribution in [0.4, 0.5) is 0 Å². The number of ether oxygens (including phenoxy) is 7. The fraction of sp³-hybridized carbons (Fsp3) is 0.467. The summed E-state index contributed by atoms with van der Waals surface area (Å²) >= 11 is 0. The van der Waals surface area contributed by atoms with E-state index < -0.39 is 0 Å². The van der Waals surface area contributed by atoms with E-state index in [2.05, 4.69) is 188 Å². The molecule has 10 rings (SSSR count). The SMILES string of the molecule is CCCCCCOc1ccc2cc3ccc4ccc5c(c4)c(ccc4cc6c(OCCCCCC)c(OCCCCCC)c(OCCCCCC)cc6c6ccc(ccc7ccc(c2c1)c3c7)cc46)cc1c(OCCCCCC)c(OCCCCCC)c(OCCCCCC)cc15. The molecule has 0 saturated carbocycles. The third-order valence-electron chi connectivity index (χ3n) is 19.5. The van der Waals surface area contributed by atoms with Gasteiger partial charge in [0.1, 0.15) is 5.75 Å². The van der Waals surface area contributed by atoms with Gasteiger partial charge < -0.3 is 33.2 Å². The minimum Gasteiger partial charge on any atom is -0.494 e. The monoisotopic (exact) mass is 1310 g/mol. The van der Waals surface area contributed by atoms with Crippen LogP contribution in [0.3, 0.4) is 0 Å². The smallest absolute Gasteiger partial charge is 0.204 e. The first-order valence-electron chi connectivity index (χ1n) is 38.5. The largest absolute Gasteiger partial charge is 0.494 e. The number of hydrogen-bond donors (Lipinski definition) is 0. The minimum atomic E-state index is 0.589. The third-order valence-corrected chi connectivity index (χ3v) is 19.5. The van der Waals surface area contributed by atoms with Gasteiger partial charge in [0.05, 0.1) is 46.2 Å². The maximum absolute atomic E-state index is 7.16. The number of unbranched alkanes of at least 4 members (excludes halogenated alkanes) is 21. The summed E-state index contributed by atoms with van der Waals surface area (Å²) in [7, 11) is 0. The number of benzene rings is 9. The van der Waals surface area contributed by atoms with E-state index in [9.17, 15) is 0 Å². The van der Waals surface area contributed by atoms with Gasteiger partial charge in [0.25, 0.3) is 0 Å². The van der Waals surface area contributed by atoms with Crippen LogP contribution < -0.4 is 33.2 Å². The second-order valence-corrected chi connectivity index (χ2v) is 27.3. The zero-order valence-electron chi connectivity index (χ0n) is 60.4. The predicted molar refractivity (Wildman–Crippen MR) is 418 cm³/mol. The number of hydrogen-bond acceptors (Lipinski definition) is 7. The first-order chi connectivity index (χ1) is 47.9. The Labute approximate surface area is 581 Å². The standard InChI is InChI=1S/C90H114O7/c1-8-15-22-29-50-91-73-46-45-70-60-69-42-38-68-41-49-76-79(59-68)72(62-84-82(76)65-86(93-52-31-24-17-10-3)90(97-56-35-28-21-14-7)88(84)95-54-33-26-19-12-5)44-43-71-61-83-81(75-48-40-67(58-78(71)75)37-36-66-39-47-74(77(69)57-66)80(70)63-73)64-85(92-51-30-23-16-9-2)89(96-55-34-27-20-13-6)87(83)94-53-32-25-18-11-4/h36-49,57-65H,8-35,50-56H2,1-7H3. The number of fused-ring (bicyclic) bond motifs is 9. The summed E-state index contributed by atoms with van der Waals surface area (Å²) in [6.45, 7) is 20.2. The molecule has 0 fully saturated rings. The summed E-state index contributed by atoms with van der Waals surface area (Å²) < 4.78 is 48.5. The van der Waals surface area contributed by atoms with Crippen molar-refractivity contribution in [2.24, 2.45) is 0 Å². The molecule has 0 aromatic heterocycles. The van der Waals surface area contributed by atoms with Gasteiger partial charge in [-0.15, -0.1) is 0 Å². The van der Waals surface area contributed by atoms with Crippen LogP contribution in [-0.4, -0.2) is 46.2 Å². The van der Waals surface area contributed by atoms with E-state index >= 15 is 0 Å². The molecule has 0 saturated heterocycles. The average Bonchev–Trinajstić information content (AvgIpc) is 0.755. The van der Waals surface area contributed by atoms with Gasteiger partial charge in [-0.1, -0.05) is 262 Å². The Kier molecular flexibility index (Phi) is 28.6. The molecule has 10 aromatic rings. The number of rotatable bonds is 42. The van der Waals surface area contributed by atoms with E-state index in [0.717, 1.165) is 225 Å². The second kappa shape index (κ2) is 38.5. The third kappa shape index (κ3) is 19.4. The van der Waals surface area contributed by atoms with Gasteiger partial charge in [0.2, 0.25) is 11.5 Å². The van der Waals surface area contributed by atoms with Crippen LogP contribution >= 0.6 is 0 Å². The van der Waals surface area contributed by atoms with Crippen LogP contribution in [0.25, 0.3) is 97.0 Å². The Morgan fingerprint density at radius 1 is 0.186 bits per heavy atom. The molecule has 0 spiro atoms. The van der Waals surface area contributed by atoms with Crippen molar-refractivity contribution in [3.8, 4) is 40.2 Å². The molecule has 516 valence electrons. The van der Waals surface area contributed by atoms with E-state index in [0.29, 0.717) is 39.6 Å². The maximum Gasteiger partial charge on any atom is 0.204 e. The lowest BCUT2D eigenvalue weighted by atomic mass is 9.95. The minimum absolute atomic E-state index is 0.589. The van der Waals surface area contributed by atoms with Crippen molar-refractivity contribution in [2.75, 3.05) is 46.2 Å². The average molecular weight is 1310 g/mol. The molecule has 7 nitrogen and oxygen atoms in total. The molecule has 0 atom stereocenters. The molecule has 0 heterocycles. The van der Waals surface area contributed by atoms with Gasteiger partial charge in [0.15, 0.2) is 23.0 Å². The van der Waals surface area contributed by atoms with Gasteiger partial charge in [-0.2, -0.15) is 0 Å². The van der Waals surface area contributed by atoms with E-state index in [-0.39, 0.29) is 0 Å². The summed E-state index contributed by atoms with van der Waals surface area (Å²) in [5, 5.41) is 20.2. The fourth-order valence-corrected chi connectivity index (χ4v) is 13.8. The molecule has 0 aliphatic rings. The lowest BCUT2D eigenvalue weighted by Crippen LogP contribution is -2.07.